The van der Waals surface area contributed by atoms with E-state index >= 15 is 0 Å². The number of hydrogen-bond acceptors (Lipinski definition) is 4. The Bertz CT molecular complexity index is 876. The maximum atomic E-state index is 12.4. The summed E-state index contributed by atoms with van der Waals surface area (Å²) in [6, 6.07) is 11.2. The highest BCUT2D eigenvalue weighted by atomic mass is 16.5. The Morgan fingerprint density at radius 2 is 1.93 bits per heavy atom. The SMILES string of the molecule is C=C1CC2COC(=O)C2(Cc2ccc(C(=O)NCc3ccncc3)cc2)C1. The van der Waals surface area contributed by atoms with Gasteiger partial charge in [-0.25, -0.2) is 0 Å². The number of allylic oxidation sites excluding steroid dienone is 1. The quantitative estimate of drug-likeness (QED) is 0.656. The van der Waals surface area contributed by atoms with Gasteiger partial charge in [0.15, 0.2) is 0 Å². The third-order valence-electron chi connectivity index (χ3n) is 5.64. The van der Waals surface area contributed by atoms with E-state index in [-0.39, 0.29) is 17.8 Å². The Balaban J connectivity index is 1.42. The number of hydrogen-bond donors (Lipinski definition) is 1. The van der Waals surface area contributed by atoms with Crippen LogP contribution in [0.2, 0.25) is 0 Å². The number of carbonyl (C=O) groups is 2. The zero-order valence-corrected chi connectivity index (χ0v) is 15.1. The molecule has 5 heteroatoms. The zero-order chi connectivity index (χ0) is 18.9. The van der Waals surface area contributed by atoms with E-state index in [1.807, 2.05) is 36.4 Å². The molecule has 1 amide bonds. The summed E-state index contributed by atoms with van der Waals surface area (Å²) in [5.74, 6) is -0.00456. The molecule has 27 heavy (non-hydrogen) atoms. The lowest BCUT2D eigenvalue weighted by molar-refractivity contribution is -0.146. The number of pyridine rings is 1. The Morgan fingerprint density at radius 3 is 2.67 bits per heavy atom. The summed E-state index contributed by atoms with van der Waals surface area (Å²) in [6.45, 7) is 5.03. The van der Waals surface area contributed by atoms with E-state index in [1.54, 1.807) is 12.4 Å². The molecule has 5 nitrogen and oxygen atoms in total. The average molecular weight is 362 g/mol. The van der Waals surface area contributed by atoms with Crippen LogP contribution in [0.1, 0.15) is 34.3 Å². The summed E-state index contributed by atoms with van der Waals surface area (Å²) >= 11 is 0. The molecular formula is C22H22N2O3. The number of esters is 1. The van der Waals surface area contributed by atoms with Gasteiger partial charge in [0, 0.05) is 30.4 Å². The van der Waals surface area contributed by atoms with Crippen molar-refractivity contribution >= 4 is 11.9 Å². The summed E-state index contributed by atoms with van der Waals surface area (Å²) in [4.78, 5) is 28.7. The molecule has 1 aliphatic heterocycles. The van der Waals surface area contributed by atoms with Crippen LogP contribution in [0.15, 0.2) is 60.9 Å². The molecule has 1 saturated carbocycles. The summed E-state index contributed by atoms with van der Waals surface area (Å²) < 4.78 is 5.33. The molecule has 1 aromatic carbocycles. The van der Waals surface area contributed by atoms with Gasteiger partial charge in [0.25, 0.3) is 5.91 Å². The molecule has 2 atom stereocenters. The highest BCUT2D eigenvalue weighted by Crippen LogP contribution is 2.52. The van der Waals surface area contributed by atoms with Crippen LogP contribution in [0.3, 0.4) is 0 Å². The third-order valence-corrected chi connectivity index (χ3v) is 5.64. The van der Waals surface area contributed by atoms with Crippen LogP contribution >= 0.6 is 0 Å². The molecule has 1 aliphatic carbocycles. The molecule has 0 radical (unpaired) electrons. The number of ether oxygens (including phenoxy) is 1. The summed E-state index contributed by atoms with van der Waals surface area (Å²) in [5, 5.41) is 2.90. The van der Waals surface area contributed by atoms with Gasteiger partial charge >= 0.3 is 5.97 Å². The van der Waals surface area contributed by atoms with Crippen LogP contribution in [-0.2, 0) is 22.5 Å². The maximum absolute atomic E-state index is 12.4. The highest BCUT2D eigenvalue weighted by Gasteiger charge is 2.55. The van der Waals surface area contributed by atoms with Crippen LogP contribution in [-0.4, -0.2) is 23.5 Å². The Morgan fingerprint density at radius 1 is 1.19 bits per heavy atom. The standard InChI is InChI=1S/C22H22N2O3/c1-15-10-19-14-27-21(26)22(19,11-15)12-16-2-4-18(5-3-16)20(25)24-13-17-6-8-23-9-7-17/h2-9,19H,1,10-14H2,(H,24,25). The molecular weight excluding hydrogens is 340 g/mol. The molecule has 2 heterocycles. The second-order valence-corrected chi connectivity index (χ2v) is 7.49. The van der Waals surface area contributed by atoms with E-state index in [1.165, 1.54) is 0 Å². The average Bonchev–Trinajstić information content (AvgIpc) is 3.15. The van der Waals surface area contributed by atoms with E-state index in [2.05, 4.69) is 16.9 Å². The monoisotopic (exact) mass is 362 g/mol. The summed E-state index contributed by atoms with van der Waals surface area (Å²) in [5.41, 5.74) is 3.30. The lowest BCUT2D eigenvalue weighted by Gasteiger charge is -2.24. The lowest BCUT2D eigenvalue weighted by Crippen LogP contribution is -2.31. The minimum absolute atomic E-state index is 0.106. The topological polar surface area (TPSA) is 68.3 Å². The van der Waals surface area contributed by atoms with Gasteiger partial charge in [-0.15, -0.1) is 0 Å². The predicted molar refractivity (Wildman–Crippen MR) is 101 cm³/mol. The largest absolute Gasteiger partial charge is 0.465 e. The fourth-order valence-electron chi connectivity index (χ4n) is 4.19. The molecule has 2 aliphatic rings. The number of nitrogens with one attached hydrogen (secondary N) is 1. The van der Waals surface area contributed by atoms with Crippen molar-refractivity contribution in [2.24, 2.45) is 11.3 Å². The van der Waals surface area contributed by atoms with E-state index in [4.69, 9.17) is 4.74 Å². The van der Waals surface area contributed by atoms with E-state index < -0.39 is 5.41 Å². The molecule has 2 fully saturated rings. The summed E-state index contributed by atoms with van der Waals surface area (Å²) in [6.07, 6.45) is 5.60. The van der Waals surface area contributed by atoms with Gasteiger partial charge in [-0.05, 0) is 54.7 Å². The first-order valence-corrected chi connectivity index (χ1v) is 9.17. The van der Waals surface area contributed by atoms with Crippen molar-refractivity contribution < 1.29 is 14.3 Å². The highest BCUT2D eigenvalue weighted by molar-refractivity contribution is 5.94. The van der Waals surface area contributed by atoms with Crippen molar-refractivity contribution in [3.63, 3.8) is 0 Å². The van der Waals surface area contributed by atoms with Gasteiger partial charge in [-0.2, -0.15) is 0 Å². The van der Waals surface area contributed by atoms with E-state index in [0.29, 0.717) is 31.6 Å². The first kappa shape index (κ1) is 17.5. The molecule has 1 saturated heterocycles. The van der Waals surface area contributed by atoms with E-state index in [0.717, 1.165) is 23.1 Å². The van der Waals surface area contributed by atoms with Gasteiger partial charge in [0.2, 0.25) is 0 Å². The van der Waals surface area contributed by atoms with Gasteiger partial charge < -0.3 is 10.1 Å². The van der Waals surface area contributed by atoms with Crippen LogP contribution in [0, 0.1) is 11.3 Å². The maximum Gasteiger partial charge on any atom is 0.313 e. The second kappa shape index (κ2) is 6.99. The third kappa shape index (κ3) is 3.37. The van der Waals surface area contributed by atoms with Crippen molar-refractivity contribution in [3.05, 3.63) is 77.6 Å². The number of aromatic nitrogens is 1. The first-order chi connectivity index (χ1) is 13.1. The van der Waals surface area contributed by atoms with Gasteiger partial charge in [0.05, 0.1) is 12.0 Å². The van der Waals surface area contributed by atoms with Gasteiger partial charge in [-0.1, -0.05) is 24.3 Å². The van der Waals surface area contributed by atoms with Crippen LogP contribution in [0.25, 0.3) is 0 Å². The van der Waals surface area contributed by atoms with Gasteiger partial charge in [0.1, 0.15) is 0 Å². The minimum Gasteiger partial charge on any atom is -0.465 e. The van der Waals surface area contributed by atoms with Crippen molar-refractivity contribution in [1.82, 2.24) is 10.3 Å². The number of cyclic esters (lactones) is 1. The molecule has 2 unspecified atom stereocenters. The Kier molecular flexibility index (Phi) is 4.52. The summed E-state index contributed by atoms with van der Waals surface area (Å²) in [7, 11) is 0. The minimum atomic E-state index is -0.470. The number of rotatable bonds is 5. The van der Waals surface area contributed by atoms with E-state index in [9.17, 15) is 9.59 Å². The first-order valence-electron chi connectivity index (χ1n) is 9.17. The predicted octanol–water partition coefficient (Wildman–Crippen LogP) is 3.06. The number of fused-ring (bicyclic) bond motifs is 1. The number of amides is 1. The van der Waals surface area contributed by atoms with Crippen molar-refractivity contribution in [3.8, 4) is 0 Å². The van der Waals surface area contributed by atoms with Crippen LogP contribution < -0.4 is 5.32 Å². The van der Waals surface area contributed by atoms with Crippen LogP contribution in [0.5, 0.6) is 0 Å². The second-order valence-electron chi connectivity index (χ2n) is 7.49. The number of carbonyl (C=O) groups excluding carboxylic acids is 2. The molecule has 138 valence electrons. The van der Waals surface area contributed by atoms with Crippen molar-refractivity contribution in [1.29, 1.82) is 0 Å². The van der Waals surface area contributed by atoms with Gasteiger partial charge in [-0.3, -0.25) is 14.6 Å². The molecule has 1 aromatic heterocycles. The fourth-order valence-corrected chi connectivity index (χ4v) is 4.19. The molecule has 1 N–H and O–H groups in total. The smallest absolute Gasteiger partial charge is 0.313 e. The number of benzene rings is 1. The molecule has 0 bridgehead atoms. The van der Waals surface area contributed by atoms with Crippen molar-refractivity contribution in [2.75, 3.05) is 6.61 Å². The zero-order valence-electron chi connectivity index (χ0n) is 15.1. The van der Waals surface area contributed by atoms with Crippen molar-refractivity contribution in [2.45, 2.75) is 25.8 Å². The number of nitrogens with zero attached hydrogens (tertiary/aromatic N) is 1. The molecule has 2 aromatic rings. The Labute approximate surface area is 158 Å². The normalized spacial score (nSPS) is 23.8. The molecule has 4 rings (SSSR count). The Hall–Kier alpha value is -2.95. The van der Waals surface area contributed by atoms with Crippen LogP contribution in [0.4, 0.5) is 0 Å². The molecule has 0 spiro atoms. The fraction of sp³-hybridized carbons (Fsp3) is 0.318. The lowest BCUT2D eigenvalue weighted by atomic mass is 9.75.